The van der Waals surface area contributed by atoms with Gasteiger partial charge in [-0.15, -0.1) is 0 Å². The molecule has 9 nitrogen and oxygen atoms in total. The molecular weight excluding hydrogens is 514 g/mol. The lowest BCUT2D eigenvalue weighted by atomic mass is 9.95. The van der Waals surface area contributed by atoms with E-state index < -0.39 is 0 Å². The van der Waals surface area contributed by atoms with Crippen molar-refractivity contribution in [3.63, 3.8) is 0 Å². The molecule has 0 spiro atoms. The molecule has 1 saturated heterocycles. The maximum Gasteiger partial charge on any atom is 0.251 e. The zero-order valence-electron chi connectivity index (χ0n) is 23.8. The SMILES string of the molecule is Cc1cc(Nc2ncnc3cnc(N4CCN(C)CC4)cc23)ccc1Oc1cccc(C(=O)NC2CCCCC2)c1. The van der Waals surface area contributed by atoms with Gasteiger partial charge in [-0.2, -0.15) is 0 Å². The molecule has 4 aromatic rings. The zero-order valence-corrected chi connectivity index (χ0v) is 23.8. The van der Waals surface area contributed by atoms with E-state index in [0.29, 0.717) is 11.3 Å². The fraction of sp³-hybridized carbons (Fsp3) is 0.375. The maximum absolute atomic E-state index is 12.8. The third-order valence-corrected chi connectivity index (χ3v) is 8.04. The Balaban J connectivity index is 1.16. The molecule has 212 valence electrons. The molecule has 1 aliphatic heterocycles. The number of hydrogen-bond acceptors (Lipinski definition) is 8. The number of piperazine rings is 1. The Kier molecular flexibility index (Phi) is 7.95. The number of nitrogens with zero attached hydrogens (tertiary/aromatic N) is 5. The van der Waals surface area contributed by atoms with Crippen LogP contribution < -0.4 is 20.3 Å². The fourth-order valence-corrected chi connectivity index (χ4v) is 5.58. The summed E-state index contributed by atoms with van der Waals surface area (Å²) in [5.74, 6) is 3.00. The second kappa shape index (κ2) is 12.1. The molecule has 1 aliphatic carbocycles. The highest BCUT2D eigenvalue weighted by Gasteiger charge is 2.18. The van der Waals surface area contributed by atoms with Gasteiger partial charge in [-0.1, -0.05) is 25.3 Å². The van der Waals surface area contributed by atoms with Crippen LogP contribution in [0.25, 0.3) is 10.9 Å². The summed E-state index contributed by atoms with van der Waals surface area (Å²) in [5.41, 5.74) is 3.27. The van der Waals surface area contributed by atoms with Gasteiger partial charge in [0.05, 0.1) is 11.7 Å². The topological polar surface area (TPSA) is 95.5 Å². The number of likely N-dealkylation sites (N-methyl/N-ethyl adjacent to an activating group) is 1. The predicted octanol–water partition coefficient (Wildman–Crippen LogP) is 5.68. The van der Waals surface area contributed by atoms with Crippen LogP contribution in [0.4, 0.5) is 17.3 Å². The van der Waals surface area contributed by atoms with Crippen LogP contribution in [0.2, 0.25) is 0 Å². The number of aromatic nitrogens is 3. The van der Waals surface area contributed by atoms with E-state index in [1.54, 1.807) is 6.33 Å². The Morgan fingerprint density at radius 2 is 1.78 bits per heavy atom. The molecule has 2 N–H and O–H groups in total. The Hall–Kier alpha value is -4.24. The van der Waals surface area contributed by atoms with Crippen molar-refractivity contribution in [3.05, 3.63) is 72.2 Å². The summed E-state index contributed by atoms with van der Waals surface area (Å²) in [6, 6.07) is 15.7. The first-order valence-corrected chi connectivity index (χ1v) is 14.5. The number of carbonyl (C=O) groups excluding carboxylic acids is 1. The average Bonchev–Trinajstić information content (AvgIpc) is 2.99. The number of ether oxygens (including phenoxy) is 1. The lowest BCUT2D eigenvalue weighted by Gasteiger charge is -2.33. The molecule has 2 aromatic carbocycles. The van der Waals surface area contributed by atoms with E-state index in [2.05, 4.69) is 48.5 Å². The number of aryl methyl sites for hydroxylation is 1. The van der Waals surface area contributed by atoms with E-state index in [1.807, 2.05) is 55.6 Å². The van der Waals surface area contributed by atoms with Crippen LogP contribution in [0, 0.1) is 6.92 Å². The maximum atomic E-state index is 12.8. The Morgan fingerprint density at radius 1 is 0.951 bits per heavy atom. The molecule has 2 aromatic heterocycles. The minimum atomic E-state index is -0.0401. The first kappa shape index (κ1) is 27.0. The molecule has 1 saturated carbocycles. The molecule has 2 aliphatic rings. The van der Waals surface area contributed by atoms with E-state index in [0.717, 1.165) is 78.6 Å². The van der Waals surface area contributed by atoms with Crippen molar-refractivity contribution in [2.24, 2.45) is 0 Å². The lowest BCUT2D eigenvalue weighted by Crippen LogP contribution is -2.44. The molecule has 41 heavy (non-hydrogen) atoms. The standard InChI is InChI=1S/C32H37N7O2/c1-22-17-25(36-31-27-19-30(33-20-28(27)34-21-35-31)39-15-13-38(2)14-16-39)11-12-29(22)41-26-10-6-7-23(18-26)32(40)37-24-8-4-3-5-9-24/h6-7,10-12,17-21,24H,3-5,8-9,13-16H2,1-2H3,(H,37,40)(H,34,35,36). The van der Waals surface area contributed by atoms with E-state index in [4.69, 9.17) is 4.74 Å². The van der Waals surface area contributed by atoms with Gasteiger partial charge < -0.3 is 25.2 Å². The van der Waals surface area contributed by atoms with Crippen LogP contribution in [0.1, 0.15) is 48.0 Å². The van der Waals surface area contributed by atoms with Gasteiger partial charge in [0.15, 0.2) is 0 Å². The molecule has 3 heterocycles. The minimum absolute atomic E-state index is 0.0401. The van der Waals surface area contributed by atoms with Crippen LogP contribution in [-0.2, 0) is 0 Å². The van der Waals surface area contributed by atoms with Crippen LogP contribution in [0.3, 0.4) is 0 Å². The number of pyridine rings is 1. The van der Waals surface area contributed by atoms with Gasteiger partial charge in [0.1, 0.15) is 29.5 Å². The molecule has 1 amide bonds. The number of rotatable bonds is 7. The van der Waals surface area contributed by atoms with Crippen molar-refractivity contribution in [2.45, 2.75) is 45.1 Å². The van der Waals surface area contributed by atoms with Crippen LogP contribution in [0.15, 0.2) is 61.1 Å². The lowest BCUT2D eigenvalue weighted by molar-refractivity contribution is 0.0927. The molecule has 2 fully saturated rings. The van der Waals surface area contributed by atoms with Crippen LogP contribution >= 0.6 is 0 Å². The highest BCUT2D eigenvalue weighted by atomic mass is 16.5. The van der Waals surface area contributed by atoms with Crippen LogP contribution in [0.5, 0.6) is 11.5 Å². The smallest absolute Gasteiger partial charge is 0.251 e. The summed E-state index contributed by atoms with van der Waals surface area (Å²) in [6.45, 7) is 5.93. The largest absolute Gasteiger partial charge is 0.457 e. The van der Waals surface area contributed by atoms with E-state index in [-0.39, 0.29) is 11.9 Å². The first-order chi connectivity index (χ1) is 20.0. The Morgan fingerprint density at radius 3 is 2.59 bits per heavy atom. The number of anilines is 3. The normalized spacial score (nSPS) is 16.5. The summed E-state index contributed by atoms with van der Waals surface area (Å²) in [7, 11) is 2.15. The van der Waals surface area contributed by atoms with Gasteiger partial charge in [-0.3, -0.25) is 4.79 Å². The summed E-state index contributed by atoms with van der Waals surface area (Å²) in [4.78, 5) is 31.1. The highest BCUT2D eigenvalue weighted by Crippen LogP contribution is 2.31. The second-order valence-electron chi connectivity index (χ2n) is 11.1. The summed E-state index contributed by atoms with van der Waals surface area (Å²) in [6.07, 6.45) is 9.11. The number of nitrogens with one attached hydrogen (secondary N) is 2. The van der Waals surface area contributed by atoms with E-state index >= 15 is 0 Å². The number of carbonyl (C=O) groups is 1. The van der Waals surface area contributed by atoms with Gasteiger partial charge >= 0.3 is 0 Å². The molecule has 0 unspecified atom stereocenters. The van der Waals surface area contributed by atoms with Gasteiger partial charge in [0.2, 0.25) is 0 Å². The summed E-state index contributed by atoms with van der Waals surface area (Å²) in [5, 5.41) is 7.58. The number of hydrogen-bond donors (Lipinski definition) is 2. The Bertz CT molecular complexity index is 1530. The first-order valence-electron chi connectivity index (χ1n) is 14.5. The summed E-state index contributed by atoms with van der Waals surface area (Å²) < 4.78 is 6.21. The van der Waals surface area contributed by atoms with Gasteiger partial charge in [-0.25, -0.2) is 15.0 Å². The quantitative estimate of drug-likeness (QED) is 0.303. The van der Waals surface area contributed by atoms with Crippen LogP contribution in [-0.4, -0.2) is 65.0 Å². The average molecular weight is 552 g/mol. The monoisotopic (exact) mass is 551 g/mol. The molecule has 0 bridgehead atoms. The second-order valence-corrected chi connectivity index (χ2v) is 11.1. The molecule has 6 rings (SSSR count). The van der Waals surface area contributed by atoms with Crippen molar-refractivity contribution >= 4 is 34.1 Å². The Labute approximate surface area is 241 Å². The third-order valence-electron chi connectivity index (χ3n) is 8.04. The van der Waals surface area contributed by atoms with Gasteiger partial charge in [0, 0.05) is 48.9 Å². The van der Waals surface area contributed by atoms with Crippen molar-refractivity contribution in [3.8, 4) is 11.5 Å². The number of fused-ring (bicyclic) bond motifs is 1. The predicted molar refractivity (Wildman–Crippen MR) is 162 cm³/mol. The van der Waals surface area contributed by atoms with E-state index in [1.165, 1.54) is 19.3 Å². The zero-order chi connectivity index (χ0) is 28.2. The van der Waals surface area contributed by atoms with Crippen molar-refractivity contribution in [1.29, 1.82) is 0 Å². The molecule has 0 radical (unpaired) electrons. The van der Waals surface area contributed by atoms with Crippen molar-refractivity contribution in [1.82, 2.24) is 25.2 Å². The number of benzene rings is 2. The minimum Gasteiger partial charge on any atom is -0.457 e. The van der Waals surface area contributed by atoms with Crippen molar-refractivity contribution < 1.29 is 9.53 Å². The van der Waals surface area contributed by atoms with Gasteiger partial charge in [0.25, 0.3) is 5.91 Å². The molecular formula is C32H37N7O2. The fourth-order valence-electron chi connectivity index (χ4n) is 5.58. The van der Waals surface area contributed by atoms with Gasteiger partial charge in [-0.05, 0) is 74.8 Å². The third kappa shape index (κ3) is 6.41. The molecule has 9 heteroatoms. The van der Waals surface area contributed by atoms with Crippen molar-refractivity contribution in [2.75, 3.05) is 43.4 Å². The van der Waals surface area contributed by atoms with E-state index in [9.17, 15) is 4.79 Å². The molecule has 0 atom stereocenters. The number of amides is 1. The highest BCUT2D eigenvalue weighted by molar-refractivity contribution is 5.95. The summed E-state index contributed by atoms with van der Waals surface area (Å²) >= 11 is 0.